The molecule has 0 radical (unpaired) electrons. The third-order valence-corrected chi connectivity index (χ3v) is 12.5. The third kappa shape index (κ3) is 48.1. The Hall–Kier alpha value is -1.81. The van der Waals surface area contributed by atoms with E-state index < -0.39 is 51.8 Å². The molecule has 0 bridgehead atoms. The molecule has 0 aromatic rings. The zero-order valence-corrected chi connectivity index (χ0v) is 42.2. The average molecular weight is 927 g/mol. The van der Waals surface area contributed by atoms with Crippen molar-refractivity contribution in [3.8, 4) is 0 Å². The molecule has 0 aromatic carbocycles. The van der Waals surface area contributed by atoms with Crippen molar-refractivity contribution >= 4 is 19.8 Å². The van der Waals surface area contributed by atoms with Crippen LogP contribution in [0, 0.1) is 0 Å². The molecule has 0 rings (SSSR count). The molecule has 0 aliphatic carbocycles. The SMILES string of the molecule is CCCCCC/C=C\C/C=C\CCCCCCCCCC(=O)OC(COC(=O)CCCCCCCCCCCCC/C=C\CCCCCCCCCC)COP(=O)(O)OCC(O)CO. The van der Waals surface area contributed by atoms with E-state index in [0.29, 0.717) is 12.8 Å². The van der Waals surface area contributed by atoms with E-state index in [-0.39, 0.29) is 19.4 Å². The average Bonchev–Trinajstić information content (AvgIpc) is 3.28. The lowest BCUT2D eigenvalue weighted by Gasteiger charge is -2.20. The lowest BCUT2D eigenvalue weighted by Crippen LogP contribution is -2.29. The molecule has 0 aliphatic heterocycles. The molecule has 0 aliphatic rings. The summed E-state index contributed by atoms with van der Waals surface area (Å²) in [5.41, 5.74) is 0. The van der Waals surface area contributed by atoms with Crippen molar-refractivity contribution in [3.05, 3.63) is 36.5 Å². The number of carbonyl (C=O) groups is 2. The fourth-order valence-corrected chi connectivity index (χ4v) is 8.22. The van der Waals surface area contributed by atoms with Crippen molar-refractivity contribution in [1.82, 2.24) is 0 Å². The summed E-state index contributed by atoms with van der Waals surface area (Å²) >= 11 is 0. The molecule has 64 heavy (non-hydrogen) atoms. The Kier molecular flexibility index (Phi) is 47.7. The number of phosphoric acid groups is 1. The highest BCUT2D eigenvalue weighted by Gasteiger charge is 2.27. The predicted octanol–water partition coefficient (Wildman–Crippen LogP) is 15.1. The van der Waals surface area contributed by atoms with E-state index in [0.717, 1.165) is 57.8 Å². The first-order chi connectivity index (χ1) is 31.2. The lowest BCUT2D eigenvalue weighted by atomic mass is 10.0. The molecular formula is C53H99O10P. The van der Waals surface area contributed by atoms with Gasteiger partial charge in [-0.2, -0.15) is 0 Å². The van der Waals surface area contributed by atoms with Gasteiger partial charge in [-0.15, -0.1) is 0 Å². The van der Waals surface area contributed by atoms with Crippen LogP contribution in [-0.2, 0) is 32.7 Å². The van der Waals surface area contributed by atoms with Crippen LogP contribution in [0.2, 0.25) is 0 Å². The molecule has 0 aromatic heterocycles. The van der Waals surface area contributed by atoms with E-state index in [4.69, 9.17) is 23.6 Å². The number of aliphatic hydroxyl groups is 2. The predicted molar refractivity (Wildman–Crippen MR) is 265 cm³/mol. The third-order valence-electron chi connectivity index (χ3n) is 11.5. The van der Waals surface area contributed by atoms with Gasteiger partial charge in [0.05, 0.1) is 19.8 Å². The summed E-state index contributed by atoms with van der Waals surface area (Å²) in [6.45, 7) is 2.39. The maximum absolute atomic E-state index is 12.7. The van der Waals surface area contributed by atoms with Crippen LogP contribution < -0.4 is 0 Å². The molecule has 0 fully saturated rings. The van der Waals surface area contributed by atoms with Crippen LogP contribution in [0.1, 0.15) is 251 Å². The highest BCUT2D eigenvalue weighted by molar-refractivity contribution is 7.47. The van der Waals surface area contributed by atoms with Crippen molar-refractivity contribution in [1.29, 1.82) is 0 Å². The number of ether oxygens (including phenoxy) is 2. The Bertz CT molecular complexity index is 1160. The zero-order valence-electron chi connectivity index (χ0n) is 41.3. The monoisotopic (exact) mass is 927 g/mol. The van der Waals surface area contributed by atoms with Gasteiger partial charge in [0.15, 0.2) is 6.10 Å². The summed E-state index contributed by atoms with van der Waals surface area (Å²) in [5.74, 6) is -0.925. The van der Waals surface area contributed by atoms with Crippen LogP contribution in [0.3, 0.4) is 0 Å². The molecule has 0 heterocycles. The number of allylic oxidation sites excluding steroid dienone is 6. The second-order valence-corrected chi connectivity index (χ2v) is 19.3. The molecule has 0 spiro atoms. The van der Waals surface area contributed by atoms with Crippen molar-refractivity contribution in [2.75, 3.05) is 26.4 Å². The Morgan fingerprint density at radius 2 is 0.812 bits per heavy atom. The summed E-state index contributed by atoms with van der Waals surface area (Å²) in [6.07, 6.45) is 54.0. The maximum Gasteiger partial charge on any atom is 0.472 e. The van der Waals surface area contributed by atoms with Crippen LogP contribution in [0.15, 0.2) is 36.5 Å². The topological polar surface area (TPSA) is 149 Å². The molecule has 0 saturated carbocycles. The fraction of sp³-hybridized carbons (Fsp3) is 0.849. The first kappa shape index (κ1) is 62.2. The van der Waals surface area contributed by atoms with E-state index in [1.165, 1.54) is 154 Å². The summed E-state index contributed by atoms with van der Waals surface area (Å²) in [4.78, 5) is 35.2. The Morgan fingerprint density at radius 3 is 1.23 bits per heavy atom. The normalized spacial score (nSPS) is 13.9. The number of hydrogen-bond donors (Lipinski definition) is 3. The number of esters is 2. The summed E-state index contributed by atoms with van der Waals surface area (Å²) < 4.78 is 32.9. The van der Waals surface area contributed by atoms with Crippen molar-refractivity contribution < 1.29 is 47.8 Å². The smallest absolute Gasteiger partial charge is 0.462 e. The standard InChI is InChI=1S/C53H99O10P/c1-3-5-7-9-11-13-15-17-19-21-23-24-25-26-27-29-30-32-34-36-38-40-42-44-52(56)60-48-51(49-62-64(58,59)61-47-50(55)46-54)63-53(57)45-43-41-39-37-35-33-31-28-22-20-18-16-14-12-10-8-6-4-2/h14,16,20-23,50-51,54-55H,3-13,15,17-19,24-49H2,1-2H3,(H,58,59)/b16-14-,22-20-,23-21-. The number of carbonyl (C=O) groups excluding carboxylic acids is 2. The number of unbranched alkanes of at least 4 members (excludes halogenated alkanes) is 30. The van der Waals surface area contributed by atoms with Gasteiger partial charge in [0.2, 0.25) is 0 Å². The maximum atomic E-state index is 12.7. The zero-order chi connectivity index (χ0) is 46.9. The highest BCUT2D eigenvalue weighted by Crippen LogP contribution is 2.43. The second-order valence-electron chi connectivity index (χ2n) is 17.9. The summed E-state index contributed by atoms with van der Waals surface area (Å²) in [6, 6.07) is 0. The molecule has 11 heteroatoms. The molecule has 3 unspecified atom stereocenters. The first-order valence-corrected chi connectivity index (χ1v) is 27.9. The van der Waals surface area contributed by atoms with Gasteiger partial charge in [-0.1, -0.05) is 204 Å². The van der Waals surface area contributed by atoms with E-state index >= 15 is 0 Å². The van der Waals surface area contributed by atoms with Gasteiger partial charge < -0.3 is 24.6 Å². The van der Waals surface area contributed by atoms with Crippen molar-refractivity contribution in [3.63, 3.8) is 0 Å². The van der Waals surface area contributed by atoms with Crippen LogP contribution in [0.25, 0.3) is 0 Å². The molecule has 376 valence electrons. The molecule has 0 amide bonds. The van der Waals surface area contributed by atoms with Crippen molar-refractivity contribution in [2.24, 2.45) is 0 Å². The van der Waals surface area contributed by atoms with Crippen LogP contribution in [0.5, 0.6) is 0 Å². The molecule has 3 N–H and O–H groups in total. The van der Waals surface area contributed by atoms with Crippen LogP contribution in [-0.4, -0.2) is 65.7 Å². The van der Waals surface area contributed by atoms with Gasteiger partial charge in [-0.05, 0) is 70.6 Å². The minimum absolute atomic E-state index is 0.176. The molecule has 3 atom stereocenters. The minimum atomic E-state index is -4.63. The van der Waals surface area contributed by atoms with Crippen molar-refractivity contribution in [2.45, 2.75) is 264 Å². The van der Waals surface area contributed by atoms with Gasteiger partial charge in [-0.25, -0.2) is 4.57 Å². The Labute approximate surface area is 392 Å². The number of aliphatic hydroxyl groups excluding tert-OH is 2. The van der Waals surface area contributed by atoms with Gasteiger partial charge >= 0.3 is 19.8 Å². The van der Waals surface area contributed by atoms with Gasteiger partial charge in [-0.3, -0.25) is 18.6 Å². The number of rotatable bonds is 50. The van der Waals surface area contributed by atoms with Gasteiger partial charge in [0.25, 0.3) is 0 Å². The molecular weight excluding hydrogens is 828 g/mol. The van der Waals surface area contributed by atoms with Crippen LogP contribution in [0.4, 0.5) is 0 Å². The van der Waals surface area contributed by atoms with E-state index in [1.54, 1.807) is 0 Å². The van der Waals surface area contributed by atoms with E-state index in [9.17, 15) is 24.2 Å². The lowest BCUT2D eigenvalue weighted by molar-refractivity contribution is -0.161. The molecule has 0 saturated heterocycles. The van der Waals surface area contributed by atoms with E-state index in [2.05, 4.69) is 50.3 Å². The molecule has 10 nitrogen and oxygen atoms in total. The largest absolute Gasteiger partial charge is 0.472 e. The van der Waals surface area contributed by atoms with Gasteiger partial charge in [0, 0.05) is 12.8 Å². The quantitative estimate of drug-likeness (QED) is 0.0233. The second kappa shape index (κ2) is 49.1. The van der Waals surface area contributed by atoms with Crippen LogP contribution >= 0.6 is 7.82 Å². The number of phosphoric ester groups is 1. The summed E-state index contributed by atoms with van der Waals surface area (Å²) in [5, 5.41) is 18.4. The Balaban J connectivity index is 4.14. The van der Waals surface area contributed by atoms with E-state index in [1.807, 2.05) is 0 Å². The minimum Gasteiger partial charge on any atom is -0.462 e. The van der Waals surface area contributed by atoms with Gasteiger partial charge in [0.1, 0.15) is 12.7 Å². The fourth-order valence-electron chi connectivity index (χ4n) is 7.43. The Morgan fingerprint density at radius 1 is 0.469 bits per heavy atom. The number of hydrogen-bond acceptors (Lipinski definition) is 9. The first-order valence-electron chi connectivity index (χ1n) is 26.4. The highest BCUT2D eigenvalue weighted by atomic mass is 31.2. The summed E-state index contributed by atoms with van der Waals surface area (Å²) in [7, 11) is -4.63.